The average Bonchev–Trinajstić information content (AvgIpc) is 2.51. The fraction of sp³-hybridized carbons (Fsp3) is 1.00. The third-order valence-electron chi connectivity index (χ3n) is 2.92. The normalized spacial score (nSPS) is 30.2. The quantitative estimate of drug-likeness (QED) is 0.658. The van der Waals surface area contributed by atoms with Gasteiger partial charge in [-0.2, -0.15) is 0 Å². The summed E-state index contributed by atoms with van der Waals surface area (Å²) in [6.07, 6.45) is 1.08. The van der Waals surface area contributed by atoms with Crippen molar-refractivity contribution in [3.05, 3.63) is 0 Å². The molecule has 13 heavy (non-hydrogen) atoms. The van der Waals surface area contributed by atoms with Crippen molar-refractivity contribution in [3.8, 4) is 0 Å². The Morgan fingerprint density at radius 3 is 2.46 bits per heavy atom. The number of rotatable bonds is 4. The monoisotopic (exact) mass is 187 g/mol. The molecule has 1 saturated heterocycles. The minimum absolute atomic E-state index is 0.0565. The molecule has 3 heteroatoms. The van der Waals surface area contributed by atoms with E-state index < -0.39 is 0 Å². The molecule has 0 N–H and O–H groups in total. The molecule has 0 amide bonds. The highest BCUT2D eigenvalue weighted by Crippen LogP contribution is 2.26. The average molecular weight is 187 g/mol. The summed E-state index contributed by atoms with van der Waals surface area (Å²) in [6.45, 7) is 7.26. The Balaban J connectivity index is 2.52. The van der Waals surface area contributed by atoms with Crippen molar-refractivity contribution >= 4 is 0 Å². The first-order valence-electron chi connectivity index (χ1n) is 4.92. The van der Waals surface area contributed by atoms with Crippen LogP contribution in [0.25, 0.3) is 0 Å². The molecule has 1 atom stereocenters. The van der Waals surface area contributed by atoms with Gasteiger partial charge in [0.25, 0.3) is 0 Å². The molecule has 1 rings (SSSR count). The van der Waals surface area contributed by atoms with Crippen LogP contribution in [0.4, 0.5) is 0 Å². The van der Waals surface area contributed by atoms with E-state index in [-0.39, 0.29) is 5.60 Å². The van der Waals surface area contributed by atoms with Gasteiger partial charge in [0.05, 0.1) is 6.61 Å². The van der Waals surface area contributed by atoms with Gasteiger partial charge >= 0.3 is 0 Å². The molecule has 0 spiro atoms. The molecule has 1 heterocycles. The van der Waals surface area contributed by atoms with E-state index in [2.05, 4.69) is 18.7 Å². The lowest BCUT2D eigenvalue weighted by molar-refractivity contribution is -0.0569. The number of ether oxygens (including phenoxy) is 2. The molecule has 1 unspecified atom stereocenters. The van der Waals surface area contributed by atoms with Gasteiger partial charge in [-0.05, 0) is 20.3 Å². The summed E-state index contributed by atoms with van der Waals surface area (Å²) < 4.78 is 10.7. The Kier molecular flexibility index (Phi) is 3.71. The van der Waals surface area contributed by atoms with Gasteiger partial charge in [-0.1, -0.05) is 0 Å². The molecule has 0 radical (unpaired) electrons. The van der Waals surface area contributed by atoms with Crippen molar-refractivity contribution in [2.24, 2.45) is 0 Å². The lowest BCUT2D eigenvalue weighted by atomic mass is 10.1. The Bertz CT molecular complexity index is 161. The minimum Gasteiger partial charge on any atom is -0.382 e. The van der Waals surface area contributed by atoms with Crippen molar-refractivity contribution in [2.75, 3.05) is 33.9 Å². The molecular formula is C10H21NO2. The van der Waals surface area contributed by atoms with Gasteiger partial charge in [0.1, 0.15) is 5.60 Å². The fourth-order valence-electron chi connectivity index (χ4n) is 1.92. The van der Waals surface area contributed by atoms with Gasteiger partial charge in [0.15, 0.2) is 0 Å². The number of hydrogen-bond acceptors (Lipinski definition) is 3. The summed E-state index contributed by atoms with van der Waals surface area (Å²) in [5.74, 6) is 0. The number of likely N-dealkylation sites (tertiary alicyclic amines) is 1. The lowest BCUT2D eigenvalue weighted by Gasteiger charge is -2.28. The maximum Gasteiger partial charge on any atom is 0.105 e. The van der Waals surface area contributed by atoms with Gasteiger partial charge in [-0.15, -0.1) is 0 Å². The first kappa shape index (κ1) is 11.0. The molecule has 78 valence electrons. The summed E-state index contributed by atoms with van der Waals surface area (Å²) in [4.78, 5) is 2.43. The predicted molar refractivity (Wildman–Crippen MR) is 52.9 cm³/mol. The number of nitrogens with zero attached hydrogens (tertiary/aromatic N) is 1. The second kappa shape index (κ2) is 4.40. The van der Waals surface area contributed by atoms with Gasteiger partial charge in [0.2, 0.25) is 0 Å². The minimum atomic E-state index is -0.0565. The molecule has 0 aromatic carbocycles. The van der Waals surface area contributed by atoms with Crippen molar-refractivity contribution in [2.45, 2.75) is 31.9 Å². The molecule has 1 fully saturated rings. The van der Waals surface area contributed by atoms with E-state index in [1.165, 1.54) is 0 Å². The molecule has 0 aliphatic carbocycles. The van der Waals surface area contributed by atoms with E-state index in [0.717, 1.165) is 19.5 Å². The first-order chi connectivity index (χ1) is 6.13. The maximum atomic E-state index is 5.55. The predicted octanol–water partition coefficient (Wildman–Crippen LogP) is 1.13. The molecule has 0 aromatic heterocycles. The Labute approximate surface area is 81.0 Å². The van der Waals surface area contributed by atoms with Crippen LogP contribution in [0.5, 0.6) is 0 Å². The van der Waals surface area contributed by atoms with E-state index >= 15 is 0 Å². The molecule has 1 aliphatic heterocycles. The second-order valence-corrected chi connectivity index (χ2v) is 4.13. The van der Waals surface area contributed by atoms with Crippen molar-refractivity contribution in [1.82, 2.24) is 4.90 Å². The van der Waals surface area contributed by atoms with Crippen LogP contribution < -0.4 is 0 Å². The van der Waals surface area contributed by atoms with Crippen LogP contribution in [0.3, 0.4) is 0 Å². The van der Waals surface area contributed by atoms with Gasteiger partial charge in [-0.3, -0.25) is 4.90 Å². The summed E-state index contributed by atoms with van der Waals surface area (Å²) in [5.41, 5.74) is -0.0565. The van der Waals surface area contributed by atoms with Crippen LogP contribution >= 0.6 is 0 Å². The lowest BCUT2D eigenvalue weighted by Crippen LogP contribution is -2.41. The highest BCUT2D eigenvalue weighted by Gasteiger charge is 2.38. The van der Waals surface area contributed by atoms with Crippen LogP contribution in [-0.4, -0.2) is 50.5 Å². The van der Waals surface area contributed by atoms with E-state index in [1.807, 2.05) is 0 Å². The van der Waals surface area contributed by atoms with Crippen molar-refractivity contribution in [3.63, 3.8) is 0 Å². The third kappa shape index (κ3) is 2.42. The van der Waals surface area contributed by atoms with Crippen LogP contribution in [0, 0.1) is 0 Å². The highest BCUT2D eigenvalue weighted by atomic mass is 16.5. The van der Waals surface area contributed by atoms with Gasteiger partial charge in [0, 0.05) is 33.4 Å². The van der Waals surface area contributed by atoms with Gasteiger partial charge in [-0.25, -0.2) is 0 Å². The smallest absolute Gasteiger partial charge is 0.105 e. The summed E-state index contributed by atoms with van der Waals surface area (Å²) >= 11 is 0. The van der Waals surface area contributed by atoms with Crippen LogP contribution in [-0.2, 0) is 9.47 Å². The molecule has 1 aliphatic rings. The Morgan fingerprint density at radius 2 is 2.08 bits per heavy atom. The van der Waals surface area contributed by atoms with Gasteiger partial charge < -0.3 is 9.47 Å². The zero-order chi connectivity index (χ0) is 9.90. The third-order valence-corrected chi connectivity index (χ3v) is 2.92. The van der Waals surface area contributed by atoms with E-state index in [9.17, 15) is 0 Å². The fourth-order valence-corrected chi connectivity index (χ4v) is 1.92. The van der Waals surface area contributed by atoms with E-state index in [0.29, 0.717) is 12.6 Å². The molecule has 3 nitrogen and oxygen atoms in total. The molecule has 0 saturated carbocycles. The highest BCUT2D eigenvalue weighted by molar-refractivity contribution is 4.92. The topological polar surface area (TPSA) is 21.7 Å². The number of methoxy groups -OCH3 is 2. The summed E-state index contributed by atoms with van der Waals surface area (Å²) in [5, 5.41) is 0. The SMILES string of the molecule is COCC1(OC)CCN(C(C)C)C1. The van der Waals surface area contributed by atoms with Crippen LogP contribution in [0.2, 0.25) is 0 Å². The Hall–Kier alpha value is -0.120. The largest absolute Gasteiger partial charge is 0.382 e. The van der Waals surface area contributed by atoms with Crippen molar-refractivity contribution in [1.29, 1.82) is 0 Å². The Morgan fingerprint density at radius 1 is 1.38 bits per heavy atom. The zero-order valence-electron chi connectivity index (χ0n) is 9.17. The van der Waals surface area contributed by atoms with Crippen LogP contribution in [0.1, 0.15) is 20.3 Å². The zero-order valence-corrected chi connectivity index (χ0v) is 9.17. The van der Waals surface area contributed by atoms with Crippen LogP contribution in [0.15, 0.2) is 0 Å². The van der Waals surface area contributed by atoms with E-state index in [4.69, 9.17) is 9.47 Å². The second-order valence-electron chi connectivity index (χ2n) is 4.13. The summed E-state index contributed by atoms with van der Waals surface area (Å²) in [7, 11) is 3.52. The molecular weight excluding hydrogens is 166 g/mol. The summed E-state index contributed by atoms with van der Waals surface area (Å²) in [6, 6.07) is 0.605. The first-order valence-corrected chi connectivity index (χ1v) is 4.92. The molecule has 0 bridgehead atoms. The van der Waals surface area contributed by atoms with E-state index in [1.54, 1.807) is 14.2 Å². The van der Waals surface area contributed by atoms with Crippen molar-refractivity contribution < 1.29 is 9.47 Å². The molecule has 0 aromatic rings. The number of hydrogen-bond donors (Lipinski definition) is 0. The standard InChI is InChI=1S/C10H21NO2/c1-9(2)11-6-5-10(7-11,13-4)8-12-3/h9H,5-8H2,1-4H3. The maximum absolute atomic E-state index is 5.55.